The van der Waals surface area contributed by atoms with E-state index in [4.69, 9.17) is 17.3 Å². The van der Waals surface area contributed by atoms with Gasteiger partial charge in [0.05, 0.1) is 0 Å². The van der Waals surface area contributed by atoms with Crippen LogP contribution in [0.3, 0.4) is 0 Å². The van der Waals surface area contributed by atoms with Gasteiger partial charge in [-0.15, -0.1) is 0 Å². The van der Waals surface area contributed by atoms with Crippen molar-refractivity contribution in [2.24, 2.45) is 11.7 Å². The topological polar surface area (TPSA) is 66.6 Å². The molecule has 0 atom stereocenters. The van der Waals surface area contributed by atoms with E-state index in [1.807, 2.05) is 4.90 Å². The summed E-state index contributed by atoms with van der Waals surface area (Å²) < 4.78 is 0. The molecule has 0 bridgehead atoms. The standard InChI is InChI=1S/C16H20ClN3O2/c17-13-3-1-12(2-4-13)16(22)20-9-14(10-20)19-7-5-11(6-8-19)15(18)21/h1-4,11,14H,5-10H2,(H2,18,21). The third kappa shape index (κ3) is 3.10. The van der Waals surface area contributed by atoms with Gasteiger partial charge < -0.3 is 10.6 Å². The van der Waals surface area contributed by atoms with Crippen LogP contribution in [0.1, 0.15) is 23.2 Å². The summed E-state index contributed by atoms with van der Waals surface area (Å²) in [4.78, 5) is 27.7. The highest BCUT2D eigenvalue weighted by atomic mass is 35.5. The Labute approximate surface area is 135 Å². The van der Waals surface area contributed by atoms with E-state index in [1.165, 1.54) is 0 Å². The largest absolute Gasteiger partial charge is 0.369 e. The molecule has 0 spiro atoms. The summed E-state index contributed by atoms with van der Waals surface area (Å²) in [5, 5.41) is 0.635. The first kappa shape index (κ1) is 15.3. The summed E-state index contributed by atoms with van der Waals surface area (Å²) in [7, 11) is 0. The molecule has 2 aliphatic rings. The van der Waals surface area contributed by atoms with E-state index in [0.717, 1.165) is 39.0 Å². The van der Waals surface area contributed by atoms with Gasteiger partial charge in [-0.2, -0.15) is 0 Å². The lowest BCUT2D eigenvalue weighted by molar-refractivity contribution is -0.123. The SMILES string of the molecule is NC(=O)C1CCN(C2CN(C(=O)c3ccc(Cl)cc3)C2)CC1. The maximum atomic E-state index is 12.3. The summed E-state index contributed by atoms with van der Waals surface area (Å²) >= 11 is 5.84. The molecule has 2 heterocycles. The maximum Gasteiger partial charge on any atom is 0.253 e. The maximum absolute atomic E-state index is 12.3. The van der Waals surface area contributed by atoms with Crippen molar-refractivity contribution < 1.29 is 9.59 Å². The van der Waals surface area contributed by atoms with Crippen molar-refractivity contribution in [3.63, 3.8) is 0 Å². The second kappa shape index (κ2) is 6.26. The number of hydrogen-bond acceptors (Lipinski definition) is 3. The first-order valence-electron chi connectivity index (χ1n) is 7.63. The molecular formula is C16H20ClN3O2. The molecule has 2 aliphatic heterocycles. The number of halogens is 1. The molecule has 2 N–H and O–H groups in total. The molecule has 2 amide bonds. The molecule has 0 aliphatic carbocycles. The molecule has 0 aromatic heterocycles. The van der Waals surface area contributed by atoms with Crippen LogP contribution in [0.25, 0.3) is 0 Å². The number of benzene rings is 1. The molecule has 1 aromatic rings. The predicted octanol–water partition coefficient (Wildman–Crippen LogP) is 1.36. The molecule has 0 unspecified atom stereocenters. The number of primary amides is 1. The van der Waals surface area contributed by atoms with E-state index < -0.39 is 0 Å². The minimum atomic E-state index is -0.187. The number of piperidine rings is 1. The van der Waals surface area contributed by atoms with Crippen molar-refractivity contribution in [1.82, 2.24) is 9.80 Å². The van der Waals surface area contributed by atoms with Crippen LogP contribution in [0.15, 0.2) is 24.3 Å². The Morgan fingerprint density at radius 1 is 1.09 bits per heavy atom. The summed E-state index contributed by atoms with van der Waals surface area (Å²) in [6.45, 7) is 3.29. The predicted molar refractivity (Wildman–Crippen MR) is 84.6 cm³/mol. The number of rotatable bonds is 3. The number of carbonyl (C=O) groups excluding carboxylic acids is 2. The number of likely N-dealkylation sites (tertiary alicyclic amines) is 2. The molecule has 0 saturated carbocycles. The number of amides is 2. The molecule has 118 valence electrons. The van der Waals surface area contributed by atoms with Crippen LogP contribution >= 0.6 is 11.6 Å². The number of nitrogens with two attached hydrogens (primary N) is 1. The number of hydrogen-bond donors (Lipinski definition) is 1. The summed E-state index contributed by atoms with van der Waals surface area (Å²) in [6.07, 6.45) is 1.66. The number of nitrogens with zero attached hydrogens (tertiary/aromatic N) is 2. The Morgan fingerprint density at radius 3 is 2.23 bits per heavy atom. The quantitative estimate of drug-likeness (QED) is 0.914. The van der Waals surface area contributed by atoms with Crippen molar-refractivity contribution in [2.45, 2.75) is 18.9 Å². The smallest absolute Gasteiger partial charge is 0.253 e. The molecular weight excluding hydrogens is 302 g/mol. The second-order valence-electron chi connectivity index (χ2n) is 6.08. The highest BCUT2D eigenvalue weighted by Crippen LogP contribution is 2.24. The zero-order valence-electron chi connectivity index (χ0n) is 12.4. The van der Waals surface area contributed by atoms with Gasteiger partial charge in [0.1, 0.15) is 0 Å². The highest BCUT2D eigenvalue weighted by molar-refractivity contribution is 6.30. The van der Waals surface area contributed by atoms with Gasteiger partial charge in [0, 0.05) is 35.6 Å². The van der Waals surface area contributed by atoms with E-state index in [1.54, 1.807) is 24.3 Å². The molecule has 3 rings (SSSR count). The minimum absolute atomic E-state index is 0.0168. The van der Waals surface area contributed by atoms with Gasteiger partial charge in [-0.05, 0) is 50.2 Å². The van der Waals surface area contributed by atoms with Gasteiger partial charge in [0.2, 0.25) is 5.91 Å². The van der Waals surface area contributed by atoms with Gasteiger partial charge in [-0.3, -0.25) is 14.5 Å². The van der Waals surface area contributed by atoms with Crippen LogP contribution in [-0.2, 0) is 4.79 Å². The number of carbonyl (C=O) groups is 2. The molecule has 6 heteroatoms. The Kier molecular flexibility index (Phi) is 4.36. The second-order valence-corrected chi connectivity index (χ2v) is 6.52. The first-order valence-corrected chi connectivity index (χ1v) is 8.00. The van der Waals surface area contributed by atoms with E-state index in [9.17, 15) is 9.59 Å². The van der Waals surface area contributed by atoms with Gasteiger partial charge >= 0.3 is 0 Å². The van der Waals surface area contributed by atoms with Crippen LogP contribution in [-0.4, -0.2) is 53.8 Å². The van der Waals surface area contributed by atoms with E-state index in [0.29, 0.717) is 16.6 Å². The third-order valence-electron chi connectivity index (χ3n) is 4.69. The molecule has 2 saturated heterocycles. The van der Waals surface area contributed by atoms with Crippen LogP contribution in [0.4, 0.5) is 0 Å². The van der Waals surface area contributed by atoms with Crippen molar-refractivity contribution >= 4 is 23.4 Å². The molecule has 1 aromatic carbocycles. The lowest BCUT2D eigenvalue weighted by atomic mass is 9.93. The molecule has 22 heavy (non-hydrogen) atoms. The first-order chi connectivity index (χ1) is 10.5. The zero-order chi connectivity index (χ0) is 15.7. The van der Waals surface area contributed by atoms with E-state index >= 15 is 0 Å². The lowest BCUT2D eigenvalue weighted by Crippen LogP contribution is -2.62. The van der Waals surface area contributed by atoms with Crippen molar-refractivity contribution in [2.75, 3.05) is 26.2 Å². The monoisotopic (exact) mass is 321 g/mol. The Morgan fingerprint density at radius 2 is 1.68 bits per heavy atom. The fourth-order valence-electron chi connectivity index (χ4n) is 3.18. The summed E-state index contributed by atoms with van der Waals surface area (Å²) in [5.74, 6) is -0.115. The van der Waals surface area contributed by atoms with Gasteiger partial charge in [0.15, 0.2) is 0 Å². The fraction of sp³-hybridized carbons (Fsp3) is 0.500. The van der Waals surface area contributed by atoms with Crippen LogP contribution in [0.5, 0.6) is 0 Å². The van der Waals surface area contributed by atoms with E-state index in [2.05, 4.69) is 4.90 Å². The normalized spacial score (nSPS) is 20.7. The van der Waals surface area contributed by atoms with Crippen LogP contribution in [0.2, 0.25) is 5.02 Å². The average molecular weight is 322 g/mol. The summed E-state index contributed by atoms with van der Waals surface area (Å²) in [5.41, 5.74) is 6.03. The average Bonchev–Trinajstić information content (AvgIpc) is 2.47. The zero-order valence-corrected chi connectivity index (χ0v) is 13.1. The van der Waals surface area contributed by atoms with Crippen molar-refractivity contribution in [1.29, 1.82) is 0 Å². The molecule has 0 radical (unpaired) electrons. The Hall–Kier alpha value is -1.59. The minimum Gasteiger partial charge on any atom is -0.369 e. The Balaban J connectivity index is 1.49. The van der Waals surface area contributed by atoms with E-state index in [-0.39, 0.29) is 17.7 Å². The molecule has 2 fully saturated rings. The van der Waals surface area contributed by atoms with Crippen molar-refractivity contribution in [3.8, 4) is 0 Å². The fourth-order valence-corrected chi connectivity index (χ4v) is 3.30. The summed E-state index contributed by atoms with van der Waals surface area (Å²) in [6, 6.07) is 7.40. The van der Waals surface area contributed by atoms with Gasteiger partial charge in [-0.1, -0.05) is 11.6 Å². The third-order valence-corrected chi connectivity index (χ3v) is 4.94. The highest BCUT2D eigenvalue weighted by Gasteiger charge is 2.37. The lowest BCUT2D eigenvalue weighted by Gasteiger charge is -2.47. The van der Waals surface area contributed by atoms with Crippen LogP contribution < -0.4 is 5.73 Å². The van der Waals surface area contributed by atoms with Gasteiger partial charge in [-0.25, -0.2) is 0 Å². The van der Waals surface area contributed by atoms with Crippen LogP contribution in [0, 0.1) is 5.92 Å². The van der Waals surface area contributed by atoms with Crippen molar-refractivity contribution in [3.05, 3.63) is 34.9 Å². The van der Waals surface area contributed by atoms with Gasteiger partial charge in [0.25, 0.3) is 5.91 Å². The molecule has 5 nitrogen and oxygen atoms in total. The Bertz CT molecular complexity index is 561.